The van der Waals surface area contributed by atoms with Crippen LogP contribution in [0.25, 0.3) is 0 Å². The Balaban J connectivity index is 1.71. The molecule has 38 heavy (non-hydrogen) atoms. The monoisotopic (exact) mass is 622 g/mol. The van der Waals surface area contributed by atoms with E-state index in [1.54, 1.807) is 26.8 Å². The number of amides is 1. The van der Waals surface area contributed by atoms with Gasteiger partial charge in [-0.05, 0) is 50.6 Å². The summed E-state index contributed by atoms with van der Waals surface area (Å²) in [6, 6.07) is 7.43. The summed E-state index contributed by atoms with van der Waals surface area (Å²) in [7, 11) is 0. The molecular formula is C25H27BrN4O6S2. The van der Waals surface area contributed by atoms with Gasteiger partial charge in [0, 0.05) is 11.0 Å². The minimum Gasteiger partial charge on any atom is -0.486 e. The molecule has 2 aromatic heterocycles. The average molecular weight is 624 g/mol. The number of thiophene rings is 1. The van der Waals surface area contributed by atoms with Crippen LogP contribution in [0.5, 0.6) is 5.75 Å². The lowest BCUT2D eigenvalue weighted by atomic mass is 10.1. The Kier molecular flexibility index (Phi) is 10.9. The Hall–Kier alpha value is -3.16. The third kappa shape index (κ3) is 7.45. The van der Waals surface area contributed by atoms with E-state index in [9.17, 15) is 14.4 Å². The molecule has 0 aliphatic heterocycles. The first-order valence-corrected chi connectivity index (χ1v) is 14.2. The summed E-state index contributed by atoms with van der Waals surface area (Å²) in [6.07, 6.45) is 1.70. The van der Waals surface area contributed by atoms with E-state index in [1.165, 1.54) is 11.8 Å². The van der Waals surface area contributed by atoms with E-state index < -0.39 is 17.8 Å². The molecule has 13 heteroatoms. The highest BCUT2D eigenvalue weighted by molar-refractivity contribution is 9.10. The molecule has 0 saturated heterocycles. The van der Waals surface area contributed by atoms with Crippen molar-refractivity contribution >= 4 is 61.9 Å². The Labute approximate surface area is 236 Å². The molecule has 1 aromatic carbocycles. The van der Waals surface area contributed by atoms with E-state index >= 15 is 0 Å². The van der Waals surface area contributed by atoms with Crippen molar-refractivity contribution in [3.05, 3.63) is 63.2 Å². The molecule has 0 fully saturated rings. The Morgan fingerprint density at radius 3 is 2.47 bits per heavy atom. The molecule has 202 valence electrons. The van der Waals surface area contributed by atoms with Gasteiger partial charge >= 0.3 is 11.9 Å². The van der Waals surface area contributed by atoms with Gasteiger partial charge in [0.25, 0.3) is 0 Å². The zero-order valence-electron chi connectivity index (χ0n) is 21.1. The van der Waals surface area contributed by atoms with E-state index in [1.807, 2.05) is 28.8 Å². The maximum atomic E-state index is 12.8. The molecule has 3 rings (SSSR count). The van der Waals surface area contributed by atoms with Crippen molar-refractivity contribution in [3.8, 4) is 5.75 Å². The number of anilines is 1. The lowest BCUT2D eigenvalue weighted by Gasteiger charge is -2.10. The largest absolute Gasteiger partial charge is 0.486 e. The molecule has 3 aromatic rings. The first kappa shape index (κ1) is 29.4. The quantitative estimate of drug-likeness (QED) is 0.154. The van der Waals surface area contributed by atoms with Crippen LogP contribution in [0.15, 0.2) is 46.5 Å². The molecule has 0 aliphatic rings. The Morgan fingerprint density at radius 2 is 1.82 bits per heavy atom. The van der Waals surface area contributed by atoms with Gasteiger partial charge in [-0.25, -0.2) is 9.59 Å². The van der Waals surface area contributed by atoms with Gasteiger partial charge in [0.05, 0.1) is 24.5 Å². The molecular weight excluding hydrogens is 596 g/mol. The summed E-state index contributed by atoms with van der Waals surface area (Å²) in [5, 5.41) is 11.9. The second kappa shape index (κ2) is 14.1. The number of benzene rings is 1. The van der Waals surface area contributed by atoms with Crippen molar-refractivity contribution in [2.24, 2.45) is 0 Å². The third-order valence-electron chi connectivity index (χ3n) is 4.96. The van der Waals surface area contributed by atoms with E-state index in [0.29, 0.717) is 28.8 Å². The van der Waals surface area contributed by atoms with E-state index in [2.05, 4.69) is 38.0 Å². The van der Waals surface area contributed by atoms with Gasteiger partial charge in [-0.1, -0.05) is 33.8 Å². The molecule has 0 aliphatic carbocycles. The molecule has 0 saturated carbocycles. The van der Waals surface area contributed by atoms with Crippen LogP contribution in [0.4, 0.5) is 5.00 Å². The zero-order chi connectivity index (χ0) is 27.7. The van der Waals surface area contributed by atoms with Gasteiger partial charge in [0.1, 0.15) is 22.2 Å². The summed E-state index contributed by atoms with van der Waals surface area (Å²) in [5.74, 6) is -0.338. The van der Waals surface area contributed by atoms with Crippen molar-refractivity contribution in [2.75, 3.05) is 24.3 Å². The fourth-order valence-corrected chi connectivity index (χ4v) is 5.39. The predicted octanol–water partition coefficient (Wildman–Crippen LogP) is 5.26. The molecule has 1 N–H and O–H groups in total. The second-order valence-electron chi connectivity index (χ2n) is 7.58. The maximum Gasteiger partial charge on any atom is 0.348 e. The molecule has 0 bridgehead atoms. The molecule has 0 unspecified atom stereocenters. The van der Waals surface area contributed by atoms with Crippen molar-refractivity contribution in [3.63, 3.8) is 0 Å². The third-order valence-corrected chi connectivity index (χ3v) is 7.64. The smallest absolute Gasteiger partial charge is 0.348 e. The molecule has 0 radical (unpaired) electrons. The number of aromatic nitrogens is 3. The lowest BCUT2D eigenvalue weighted by molar-refractivity contribution is -0.113. The lowest BCUT2D eigenvalue weighted by Crippen LogP contribution is -2.17. The van der Waals surface area contributed by atoms with Gasteiger partial charge in [-0.3, -0.25) is 9.36 Å². The van der Waals surface area contributed by atoms with Gasteiger partial charge < -0.3 is 19.5 Å². The Morgan fingerprint density at radius 1 is 1.13 bits per heavy atom. The number of carbonyl (C=O) groups excluding carboxylic acids is 3. The highest BCUT2D eigenvalue weighted by atomic mass is 79.9. The van der Waals surface area contributed by atoms with E-state index in [-0.39, 0.29) is 41.0 Å². The fourth-order valence-electron chi connectivity index (χ4n) is 3.26. The van der Waals surface area contributed by atoms with Crippen LogP contribution in [0.2, 0.25) is 0 Å². The number of hydrogen-bond acceptors (Lipinski definition) is 10. The molecule has 0 atom stereocenters. The van der Waals surface area contributed by atoms with Gasteiger partial charge in [0.2, 0.25) is 5.91 Å². The topological polar surface area (TPSA) is 122 Å². The van der Waals surface area contributed by atoms with Crippen LogP contribution in [0.1, 0.15) is 45.3 Å². The number of carbonyl (C=O) groups is 3. The average Bonchev–Trinajstić information content (AvgIpc) is 3.42. The van der Waals surface area contributed by atoms with Crippen molar-refractivity contribution < 1.29 is 28.6 Å². The van der Waals surface area contributed by atoms with Crippen molar-refractivity contribution in [1.82, 2.24) is 14.8 Å². The van der Waals surface area contributed by atoms with Crippen molar-refractivity contribution in [2.45, 2.75) is 39.1 Å². The summed E-state index contributed by atoms with van der Waals surface area (Å²) in [4.78, 5) is 38.0. The fraction of sp³-hybridized carbons (Fsp3) is 0.320. The SMILES string of the molecule is C=CCn1c(COc2ccc(Br)cc2)nnc1SCC(=O)Nc1sc(C(=O)OCC)c(C)c1C(=O)OCC. The van der Waals surface area contributed by atoms with Crippen LogP contribution in [-0.4, -0.2) is 51.6 Å². The minimum atomic E-state index is -0.624. The van der Waals surface area contributed by atoms with Crippen molar-refractivity contribution in [1.29, 1.82) is 0 Å². The predicted molar refractivity (Wildman–Crippen MR) is 149 cm³/mol. The first-order valence-electron chi connectivity index (χ1n) is 11.6. The number of hydrogen-bond donors (Lipinski definition) is 1. The summed E-state index contributed by atoms with van der Waals surface area (Å²) >= 11 is 5.54. The number of nitrogens with one attached hydrogen (secondary N) is 1. The highest BCUT2D eigenvalue weighted by Crippen LogP contribution is 2.34. The van der Waals surface area contributed by atoms with Crippen LogP contribution in [-0.2, 0) is 27.4 Å². The van der Waals surface area contributed by atoms with Crippen LogP contribution in [0.3, 0.4) is 0 Å². The number of ether oxygens (including phenoxy) is 3. The summed E-state index contributed by atoms with van der Waals surface area (Å²) in [6.45, 7) is 9.72. The highest BCUT2D eigenvalue weighted by Gasteiger charge is 2.27. The molecule has 2 heterocycles. The standard InChI is InChI=1S/C25H27BrN4O6S2/c1-5-12-30-18(13-36-17-10-8-16(26)9-11-17)28-29-25(30)37-14-19(31)27-22-20(23(32)34-6-2)15(4)21(38-22)24(33)35-7-3/h5,8-11H,1,6-7,12-14H2,2-4H3,(H,27,31). The van der Waals surface area contributed by atoms with Crippen LogP contribution >= 0.6 is 39.0 Å². The maximum absolute atomic E-state index is 12.8. The molecule has 0 spiro atoms. The number of esters is 2. The number of rotatable bonds is 13. The van der Waals surface area contributed by atoms with Crippen LogP contribution < -0.4 is 10.1 Å². The van der Waals surface area contributed by atoms with Gasteiger partial charge in [0.15, 0.2) is 11.0 Å². The summed E-state index contributed by atoms with van der Waals surface area (Å²) in [5.41, 5.74) is 0.538. The number of halogens is 1. The van der Waals surface area contributed by atoms with Gasteiger partial charge in [-0.2, -0.15) is 0 Å². The normalized spacial score (nSPS) is 10.6. The number of thioether (sulfide) groups is 1. The van der Waals surface area contributed by atoms with Crippen LogP contribution in [0, 0.1) is 6.92 Å². The van der Waals surface area contributed by atoms with E-state index in [4.69, 9.17) is 14.2 Å². The second-order valence-corrected chi connectivity index (χ2v) is 10.5. The number of allylic oxidation sites excluding steroid dienone is 1. The molecule has 10 nitrogen and oxygen atoms in total. The first-order chi connectivity index (χ1) is 18.3. The van der Waals surface area contributed by atoms with E-state index in [0.717, 1.165) is 15.8 Å². The van der Waals surface area contributed by atoms with Gasteiger partial charge in [-0.15, -0.1) is 28.1 Å². The Bertz CT molecular complexity index is 1310. The minimum absolute atomic E-state index is 0.0171. The summed E-state index contributed by atoms with van der Waals surface area (Å²) < 4.78 is 18.8. The number of nitrogens with zero attached hydrogens (tertiary/aromatic N) is 3. The molecule has 1 amide bonds. The zero-order valence-corrected chi connectivity index (χ0v) is 24.3.